The Bertz CT molecular complexity index is 1530. The highest BCUT2D eigenvalue weighted by Crippen LogP contribution is 2.27. The molecule has 0 aliphatic rings. The lowest BCUT2D eigenvalue weighted by atomic mass is 10.0. The quantitative estimate of drug-likeness (QED) is 0.0469. The molecule has 280 valence electrons. The summed E-state index contributed by atoms with van der Waals surface area (Å²) in [5.74, 6) is -12.8. The Hall–Kier alpha value is -5.22. The summed E-state index contributed by atoms with van der Waals surface area (Å²) in [6.45, 7) is 6.93. The third-order valence-corrected chi connectivity index (χ3v) is 7.26. The number of benzene rings is 2. The molecule has 0 spiro atoms. The number of hydrogen-bond acceptors (Lipinski definition) is 8. The maximum atomic E-state index is 13.8. The van der Waals surface area contributed by atoms with E-state index in [1.165, 1.54) is 0 Å². The second kappa shape index (κ2) is 20.5. The zero-order valence-corrected chi connectivity index (χ0v) is 28.7. The third-order valence-electron chi connectivity index (χ3n) is 7.26. The Balaban J connectivity index is 1.97. The lowest BCUT2D eigenvalue weighted by Gasteiger charge is -2.25. The summed E-state index contributed by atoms with van der Waals surface area (Å²) in [5, 5.41) is 10.4. The molecular weight excluding hydrogens is 682 g/mol. The smallest absolute Gasteiger partial charge is 0.312 e. The Morgan fingerprint density at radius 2 is 1.41 bits per heavy atom. The predicted molar refractivity (Wildman–Crippen MR) is 176 cm³/mol. The van der Waals surface area contributed by atoms with Gasteiger partial charge in [-0.05, 0) is 49.3 Å². The van der Waals surface area contributed by atoms with Crippen molar-refractivity contribution in [3.63, 3.8) is 0 Å². The van der Waals surface area contributed by atoms with Gasteiger partial charge in [-0.2, -0.15) is 8.78 Å². The molecule has 13 nitrogen and oxygen atoms in total. The highest BCUT2D eigenvalue weighted by molar-refractivity contribution is 5.98. The normalized spacial score (nSPS) is 12.1. The van der Waals surface area contributed by atoms with E-state index in [4.69, 9.17) is 10.5 Å². The minimum absolute atomic E-state index is 0.00249. The first-order chi connectivity index (χ1) is 24.0. The van der Waals surface area contributed by atoms with Crippen LogP contribution in [0.3, 0.4) is 0 Å². The molecule has 0 fully saturated rings. The minimum atomic E-state index is -1.86. The first-order valence-corrected chi connectivity index (χ1v) is 16.2. The Labute approximate surface area is 292 Å². The van der Waals surface area contributed by atoms with Crippen LogP contribution in [-0.4, -0.2) is 54.3 Å². The molecule has 0 aliphatic heterocycles. The molecule has 2 aromatic rings. The van der Waals surface area contributed by atoms with Gasteiger partial charge in [0.1, 0.15) is 18.7 Å². The highest BCUT2D eigenvalue weighted by Gasteiger charge is 2.29. The number of unbranched alkanes of at least 4 members (excludes halogenated alkanes) is 1. The van der Waals surface area contributed by atoms with Gasteiger partial charge in [0.15, 0.2) is 11.6 Å². The van der Waals surface area contributed by atoms with Gasteiger partial charge < -0.3 is 36.5 Å². The number of halogens is 4. The lowest BCUT2D eigenvalue weighted by molar-refractivity contribution is -0.148. The number of carbonyl (C=O) groups is 6. The Morgan fingerprint density at radius 3 is 1.98 bits per heavy atom. The third kappa shape index (κ3) is 14.3. The number of amides is 5. The van der Waals surface area contributed by atoms with Crippen LogP contribution in [0.2, 0.25) is 0 Å². The van der Waals surface area contributed by atoms with Crippen LogP contribution in [0.4, 0.5) is 28.0 Å². The molecular formula is C34H43F4N5O8. The SMILES string of the molecule is CC(C)C(=O)OCc1ccc(NC(=O)[C@H](CCCNC(N)=O)NC(=O)[C@@H](NC(=O)CCCCC(=O)Oc2c(F)c(F)cc(F)c2F)C(C)C)cc1. The molecule has 0 aromatic heterocycles. The maximum absolute atomic E-state index is 13.8. The molecule has 5 amide bonds. The molecule has 2 atom stereocenters. The maximum Gasteiger partial charge on any atom is 0.312 e. The van der Waals surface area contributed by atoms with Gasteiger partial charge in [0.05, 0.1) is 5.92 Å². The Morgan fingerprint density at radius 1 is 0.804 bits per heavy atom. The molecule has 0 saturated carbocycles. The fraction of sp³-hybridized carbons (Fsp3) is 0.471. The number of ether oxygens (including phenoxy) is 2. The van der Waals surface area contributed by atoms with Crippen molar-refractivity contribution >= 4 is 41.4 Å². The number of rotatable bonds is 19. The first-order valence-electron chi connectivity index (χ1n) is 16.2. The summed E-state index contributed by atoms with van der Waals surface area (Å²) in [6.07, 6.45) is -0.184. The largest absolute Gasteiger partial charge is 0.461 e. The van der Waals surface area contributed by atoms with Gasteiger partial charge >= 0.3 is 18.0 Å². The monoisotopic (exact) mass is 725 g/mol. The van der Waals surface area contributed by atoms with Gasteiger partial charge in [-0.25, -0.2) is 13.6 Å². The van der Waals surface area contributed by atoms with E-state index in [0.29, 0.717) is 11.3 Å². The lowest BCUT2D eigenvalue weighted by Crippen LogP contribution is -2.54. The average Bonchev–Trinajstić information content (AvgIpc) is 3.07. The predicted octanol–water partition coefficient (Wildman–Crippen LogP) is 4.12. The van der Waals surface area contributed by atoms with Crippen LogP contribution in [0, 0.1) is 35.1 Å². The average molecular weight is 726 g/mol. The van der Waals surface area contributed by atoms with Crippen LogP contribution in [0.15, 0.2) is 30.3 Å². The van der Waals surface area contributed by atoms with Crippen molar-refractivity contribution in [3.05, 3.63) is 59.2 Å². The summed E-state index contributed by atoms with van der Waals surface area (Å²) in [4.78, 5) is 74.1. The molecule has 6 N–H and O–H groups in total. The summed E-state index contributed by atoms with van der Waals surface area (Å²) in [7, 11) is 0. The molecule has 2 rings (SSSR count). The molecule has 0 radical (unpaired) electrons. The summed E-state index contributed by atoms with van der Waals surface area (Å²) in [5.41, 5.74) is 6.18. The minimum Gasteiger partial charge on any atom is -0.461 e. The van der Waals surface area contributed by atoms with Crippen molar-refractivity contribution in [1.29, 1.82) is 0 Å². The van der Waals surface area contributed by atoms with E-state index in [0.717, 1.165) is 0 Å². The molecule has 51 heavy (non-hydrogen) atoms. The number of esters is 2. The van der Waals surface area contributed by atoms with Crippen molar-refractivity contribution < 1.29 is 55.8 Å². The van der Waals surface area contributed by atoms with Crippen molar-refractivity contribution in [2.75, 3.05) is 11.9 Å². The highest BCUT2D eigenvalue weighted by atomic mass is 19.2. The number of anilines is 1. The molecule has 0 unspecified atom stereocenters. The van der Waals surface area contributed by atoms with E-state index < -0.39 is 83.2 Å². The van der Waals surface area contributed by atoms with Gasteiger partial charge in [-0.3, -0.25) is 24.0 Å². The number of nitrogens with two attached hydrogens (primary N) is 1. The number of hydrogen-bond donors (Lipinski definition) is 5. The number of carbonyl (C=O) groups excluding carboxylic acids is 6. The van der Waals surface area contributed by atoms with E-state index in [1.54, 1.807) is 52.0 Å². The fourth-order valence-corrected chi connectivity index (χ4v) is 4.42. The number of nitrogens with one attached hydrogen (secondary N) is 4. The second-order valence-electron chi connectivity index (χ2n) is 12.2. The van der Waals surface area contributed by atoms with Crippen LogP contribution in [-0.2, 0) is 35.3 Å². The summed E-state index contributed by atoms with van der Waals surface area (Å²) >= 11 is 0. The molecule has 0 saturated heterocycles. The molecule has 17 heteroatoms. The molecule has 0 bridgehead atoms. The first kappa shape index (κ1) is 41.9. The standard InChI is InChI=1S/C34H43F4N5O8/c1-18(2)29(43-25(44)9-5-6-10-26(45)51-30-27(37)22(35)16-23(36)28(30)38)32(47)42-24(8-7-15-40-34(39)49)31(46)41-21-13-11-20(12-14-21)17-50-33(48)19(3)4/h11-14,16,18-19,24,29H,5-10,15,17H2,1-4H3,(H,41,46)(H,42,47)(H,43,44)(H3,39,40,49)/t24-,29-/m0/s1. The van der Waals surface area contributed by atoms with Crippen LogP contribution in [0.5, 0.6) is 5.75 Å². The molecule has 2 aromatic carbocycles. The Kier molecular flexibility index (Phi) is 16.8. The van der Waals surface area contributed by atoms with E-state index in [1.807, 2.05) is 0 Å². The zero-order valence-electron chi connectivity index (χ0n) is 28.7. The van der Waals surface area contributed by atoms with Gasteiger partial charge in [0.25, 0.3) is 0 Å². The van der Waals surface area contributed by atoms with Crippen molar-refractivity contribution in [3.8, 4) is 5.75 Å². The van der Waals surface area contributed by atoms with E-state index in [9.17, 15) is 46.3 Å². The van der Waals surface area contributed by atoms with Crippen LogP contribution < -0.4 is 31.7 Å². The van der Waals surface area contributed by atoms with Crippen LogP contribution in [0.1, 0.15) is 71.8 Å². The van der Waals surface area contributed by atoms with Crippen molar-refractivity contribution in [2.45, 2.75) is 84.9 Å². The second-order valence-corrected chi connectivity index (χ2v) is 12.2. The van der Waals surface area contributed by atoms with Crippen molar-refractivity contribution in [2.24, 2.45) is 17.6 Å². The summed E-state index contributed by atoms with van der Waals surface area (Å²) < 4.78 is 63.9. The van der Waals surface area contributed by atoms with Crippen LogP contribution in [0.25, 0.3) is 0 Å². The van der Waals surface area contributed by atoms with E-state index in [2.05, 4.69) is 26.0 Å². The summed E-state index contributed by atoms with van der Waals surface area (Å²) in [6, 6.07) is 3.55. The van der Waals surface area contributed by atoms with E-state index in [-0.39, 0.29) is 63.2 Å². The zero-order chi connectivity index (χ0) is 38.2. The van der Waals surface area contributed by atoms with Gasteiger partial charge in [-0.1, -0.05) is 39.8 Å². The van der Waals surface area contributed by atoms with Crippen molar-refractivity contribution in [1.82, 2.24) is 16.0 Å². The van der Waals surface area contributed by atoms with Gasteiger partial charge in [0.2, 0.25) is 35.1 Å². The molecule has 0 heterocycles. The van der Waals surface area contributed by atoms with E-state index >= 15 is 0 Å². The molecule has 0 aliphatic carbocycles. The fourth-order valence-electron chi connectivity index (χ4n) is 4.42. The topological polar surface area (TPSA) is 195 Å². The number of primary amides is 1. The van der Waals surface area contributed by atoms with Gasteiger partial charge in [0, 0.05) is 31.1 Å². The number of urea groups is 1. The van der Waals surface area contributed by atoms with Gasteiger partial charge in [-0.15, -0.1) is 0 Å². The van der Waals surface area contributed by atoms with Crippen LogP contribution >= 0.6 is 0 Å².